The van der Waals surface area contributed by atoms with E-state index in [0.717, 1.165) is 0 Å². The lowest BCUT2D eigenvalue weighted by molar-refractivity contribution is 0.0285. The summed E-state index contributed by atoms with van der Waals surface area (Å²) in [7, 11) is 3.12. The average Bonchev–Trinajstić information content (AvgIpc) is 2.35. The zero-order valence-electron chi connectivity index (χ0n) is 9.84. The molecule has 0 radical (unpaired) electrons. The molecule has 1 aromatic rings. The molecular formula is C10H16N4O3. The number of carbonyl (C=O) groups excluding carboxylic acids is 1. The van der Waals surface area contributed by atoms with Crippen LogP contribution in [0.5, 0.6) is 0 Å². The summed E-state index contributed by atoms with van der Waals surface area (Å²) in [6.45, 7) is 0.749. The first-order valence-electron chi connectivity index (χ1n) is 5.06. The van der Waals surface area contributed by atoms with Gasteiger partial charge in [-0.1, -0.05) is 0 Å². The summed E-state index contributed by atoms with van der Waals surface area (Å²) in [5.41, 5.74) is 5.58. The summed E-state index contributed by atoms with van der Waals surface area (Å²) in [6, 6.07) is 3.03. The van der Waals surface area contributed by atoms with E-state index >= 15 is 0 Å². The van der Waals surface area contributed by atoms with E-state index in [0.29, 0.717) is 13.2 Å². The maximum absolute atomic E-state index is 11.6. The van der Waals surface area contributed by atoms with Crippen LogP contribution in [0.15, 0.2) is 12.1 Å². The van der Waals surface area contributed by atoms with Crippen molar-refractivity contribution in [1.82, 2.24) is 15.5 Å². The van der Waals surface area contributed by atoms with Gasteiger partial charge in [0, 0.05) is 20.8 Å². The third-order valence-corrected chi connectivity index (χ3v) is 2.09. The van der Waals surface area contributed by atoms with Crippen molar-refractivity contribution in [3.05, 3.63) is 17.8 Å². The van der Waals surface area contributed by atoms with Crippen molar-refractivity contribution in [2.45, 2.75) is 6.10 Å². The van der Waals surface area contributed by atoms with Crippen molar-refractivity contribution in [2.75, 3.05) is 33.1 Å². The summed E-state index contributed by atoms with van der Waals surface area (Å²) >= 11 is 0. The number of hydrogen-bond acceptors (Lipinski definition) is 6. The molecule has 1 aromatic heterocycles. The van der Waals surface area contributed by atoms with Crippen LogP contribution in [0.25, 0.3) is 0 Å². The maximum atomic E-state index is 11.6. The molecule has 1 rings (SSSR count). The zero-order valence-corrected chi connectivity index (χ0v) is 9.84. The summed E-state index contributed by atoms with van der Waals surface area (Å²) in [5, 5.41) is 9.93. The molecule has 94 valence electrons. The standard InChI is InChI=1S/C10H16N4O3/c1-16-6-7(17-2)5-12-10(15)8-3-4-9(11)14-13-8/h3-4,7H,5-6H2,1-2H3,(H2,11,14)(H,12,15). The third-order valence-electron chi connectivity index (χ3n) is 2.09. The van der Waals surface area contributed by atoms with Crippen molar-refractivity contribution < 1.29 is 14.3 Å². The predicted molar refractivity (Wildman–Crippen MR) is 61.5 cm³/mol. The minimum absolute atomic E-state index is 0.189. The van der Waals surface area contributed by atoms with Crippen LogP contribution in [0.1, 0.15) is 10.5 Å². The minimum Gasteiger partial charge on any atom is -0.382 e. The highest BCUT2D eigenvalue weighted by Gasteiger charge is 2.11. The van der Waals surface area contributed by atoms with Crippen molar-refractivity contribution >= 4 is 11.7 Å². The number of amides is 1. The van der Waals surface area contributed by atoms with Crippen molar-refractivity contribution in [3.63, 3.8) is 0 Å². The first-order valence-corrected chi connectivity index (χ1v) is 5.06. The molecule has 0 aromatic carbocycles. The molecule has 1 atom stereocenters. The monoisotopic (exact) mass is 240 g/mol. The fourth-order valence-corrected chi connectivity index (χ4v) is 1.16. The van der Waals surface area contributed by atoms with E-state index in [4.69, 9.17) is 15.2 Å². The van der Waals surface area contributed by atoms with Crippen LogP contribution in [0.2, 0.25) is 0 Å². The fourth-order valence-electron chi connectivity index (χ4n) is 1.16. The molecule has 1 heterocycles. The summed E-state index contributed by atoms with van der Waals surface area (Å²) in [4.78, 5) is 11.6. The van der Waals surface area contributed by atoms with Gasteiger partial charge in [0.2, 0.25) is 0 Å². The number of rotatable bonds is 6. The summed E-state index contributed by atoms with van der Waals surface area (Å²) in [6.07, 6.45) is -0.189. The second-order valence-electron chi connectivity index (χ2n) is 3.37. The molecular weight excluding hydrogens is 224 g/mol. The molecule has 0 saturated carbocycles. The van der Waals surface area contributed by atoms with E-state index in [-0.39, 0.29) is 23.5 Å². The first-order chi connectivity index (χ1) is 8.17. The van der Waals surface area contributed by atoms with Crippen LogP contribution >= 0.6 is 0 Å². The number of nitrogen functional groups attached to an aromatic ring is 1. The van der Waals surface area contributed by atoms with Gasteiger partial charge in [-0.15, -0.1) is 10.2 Å². The number of ether oxygens (including phenoxy) is 2. The molecule has 0 saturated heterocycles. The summed E-state index contributed by atoms with van der Waals surface area (Å²) < 4.78 is 10.0. The quantitative estimate of drug-likeness (QED) is 0.692. The summed E-state index contributed by atoms with van der Waals surface area (Å²) in [5.74, 6) is -0.0497. The Labute approximate surface area is 99.3 Å². The Morgan fingerprint density at radius 3 is 2.76 bits per heavy atom. The van der Waals surface area contributed by atoms with Gasteiger partial charge in [-0.05, 0) is 12.1 Å². The van der Waals surface area contributed by atoms with E-state index in [1.807, 2.05) is 0 Å². The number of carbonyl (C=O) groups is 1. The molecule has 7 nitrogen and oxygen atoms in total. The molecule has 17 heavy (non-hydrogen) atoms. The van der Waals surface area contributed by atoms with Gasteiger partial charge in [0.05, 0.1) is 12.7 Å². The lowest BCUT2D eigenvalue weighted by atomic mass is 10.3. The molecule has 7 heteroatoms. The van der Waals surface area contributed by atoms with Crippen LogP contribution in [-0.2, 0) is 9.47 Å². The van der Waals surface area contributed by atoms with E-state index in [2.05, 4.69) is 15.5 Å². The van der Waals surface area contributed by atoms with E-state index in [1.54, 1.807) is 14.2 Å². The van der Waals surface area contributed by atoms with E-state index < -0.39 is 0 Å². The van der Waals surface area contributed by atoms with Crippen molar-refractivity contribution in [3.8, 4) is 0 Å². The Morgan fingerprint density at radius 2 is 2.24 bits per heavy atom. The highest BCUT2D eigenvalue weighted by atomic mass is 16.5. The van der Waals surface area contributed by atoms with Gasteiger partial charge in [0.15, 0.2) is 5.69 Å². The molecule has 1 amide bonds. The molecule has 0 aliphatic carbocycles. The smallest absolute Gasteiger partial charge is 0.271 e. The highest BCUT2D eigenvalue weighted by molar-refractivity contribution is 5.92. The van der Waals surface area contributed by atoms with Gasteiger partial charge in [-0.25, -0.2) is 0 Å². The number of anilines is 1. The van der Waals surface area contributed by atoms with Crippen LogP contribution in [0.4, 0.5) is 5.82 Å². The SMILES string of the molecule is COCC(CNC(=O)c1ccc(N)nn1)OC. The van der Waals surface area contributed by atoms with Gasteiger partial charge >= 0.3 is 0 Å². The van der Waals surface area contributed by atoms with Gasteiger partial charge in [0.1, 0.15) is 5.82 Å². The Balaban J connectivity index is 2.46. The molecule has 0 bridgehead atoms. The van der Waals surface area contributed by atoms with Crippen LogP contribution < -0.4 is 11.1 Å². The number of nitrogens with two attached hydrogens (primary N) is 1. The van der Waals surface area contributed by atoms with Crippen molar-refractivity contribution in [1.29, 1.82) is 0 Å². The van der Waals surface area contributed by atoms with Crippen molar-refractivity contribution in [2.24, 2.45) is 0 Å². The number of hydrogen-bond donors (Lipinski definition) is 2. The van der Waals surface area contributed by atoms with E-state index in [1.165, 1.54) is 12.1 Å². The second kappa shape index (κ2) is 6.77. The zero-order chi connectivity index (χ0) is 12.7. The van der Waals surface area contributed by atoms with Gasteiger partial charge < -0.3 is 20.5 Å². The maximum Gasteiger partial charge on any atom is 0.271 e. The lowest BCUT2D eigenvalue weighted by Crippen LogP contribution is -2.36. The third kappa shape index (κ3) is 4.33. The number of aromatic nitrogens is 2. The Hall–Kier alpha value is -1.73. The van der Waals surface area contributed by atoms with Crippen LogP contribution in [-0.4, -0.2) is 49.6 Å². The highest BCUT2D eigenvalue weighted by Crippen LogP contribution is 1.97. The Morgan fingerprint density at radius 1 is 1.47 bits per heavy atom. The lowest BCUT2D eigenvalue weighted by Gasteiger charge is -2.14. The molecule has 3 N–H and O–H groups in total. The molecule has 0 spiro atoms. The average molecular weight is 240 g/mol. The molecule has 0 fully saturated rings. The normalized spacial score (nSPS) is 12.1. The number of nitrogens with one attached hydrogen (secondary N) is 1. The largest absolute Gasteiger partial charge is 0.382 e. The molecule has 0 aliphatic heterocycles. The second-order valence-corrected chi connectivity index (χ2v) is 3.37. The number of methoxy groups -OCH3 is 2. The van der Waals surface area contributed by atoms with Gasteiger partial charge in [-0.2, -0.15) is 0 Å². The fraction of sp³-hybridized carbons (Fsp3) is 0.500. The first kappa shape index (κ1) is 13.3. The molecule has 1 unspecified atom stereocenters. The van der Waals surface area contributed by atoms with Gasteiger partial charge in [-0.3, -0.25) is 4.79 Å². The predicted octanol–water partition coefficient (Wildman–Crippen LogP) is -0.550. The van der Waals surface area contributed by atoms with Gasteiger partial charge in [0.25, 0.3) is 5.91 Å². The van der Waals surface area contributed by atoms with E-state index in [9.17, 15) is 4.79 Å². The van der Waals surface area contributed by atoms with Crippen LogP contribution in [0.3, 0.4) is 0 Å². The minimum atomic E-state index is -0.323. The molecule has 0 aliphatic rings. The van der Waals surface area contributed by atoms with Crippen LogP contribution in [0, 0.1) is 0 Å². The Kier molecular flexibility index (Phi) is 5.31. The topological polar surface area (TPSA) is 99.4 Å². The Bertz CT molecular complexity index is 355. The number of nitrogens with zero attached hydrogens (tertiary/aromatic N) is 2.